The van der Waals surface area contributed by atoms with E-state index in [1.165, 1.54) is 0 Å². The fourth-order valence-electron chi connectivity index (χ4n) is 3.39. The molecule has 6 heteroatoms. The van der Waals surface area contributed by atoms with Crippen molar-refractivity contribution in [3.05, 3.63) is 24.4 Å². The van der Waals surface area contributed by atoms with Crippen LogP contribution in [0.2, 0.25) is 0 Å². The third-order valence-corrected chi connectivity index (χ3v) is 4.80. The van der Waals surface area contributed by atoms with E-state index in [-0.39, 0.29) is 11.9 Å². The summed E-state index contributed by atoms with van der Waals surface area (Å²) in [6.45, 7) is 6.37. The van der Waals surface area contributed by atoms with E-state index in [1.807, 2.05) is 23.2 Å². The van der Waals surface area contributed by atoms with Gasteiger partial charge in [-0.15, -0.1) is 0 Å². The molecule has 0 aliphatic carbocycles. The number of hydrogen-bond acceptors (Lipinski definition) is 5. The minimum absolute atomic E-state index is 0.162. The molecule has 1 aromatic rings. The molecular formula is C17H27N5O. The van der Waals surface area contributed by atoms with Crippen LogP contribution in [0.25, 0.3) is 0 Å². The number of piperidine rings is 1. The molecule has 3 rings (SSSR count). The number of aromatic nitrogens is 1. The first-order chi connectivity index (χ1) is 11.2. The van der Waals surface area contributed by atoms with Crippen molar-refractivity contribution in [2.24, 2.45) is 5.73 Å². The van der Waals surface area contributed by atoms with Crippen molar-refractivity contribution in [3.8, 4) is 0 Å². The van der Waals surface area contributed by atoms with Gasteiger partial charge in [-0.25, -0.2) is 4.98 Å². The lowest BCUT2D eigenvalue weighted by Crippen LogP contribution is -2.49. The molecule has 1 unspecified atom stereocenters. The monoisotopic (exact) mass is 317 g/mol. The zero-order valence-electron chi connectivity index (χ0n) is 13.7. The first kappa shape index (κ1) is 16.2. The van der Waals surface area contributed by atoms with Crippen LogP contribution in [0.1, 0.15) is 19.3 Å². The zero-order valence-corrected chi connectivity index (χ0v) is 13.7. The minimum Gasteiger partial charge on any atom is -0.354 e. The predicted octanol–water partition coefficient (Wildman–Crippen LogP) is 0.543. The van der Waals surface area contributed by atoms with Gasteiger partial charge in [0.05, 0.1) is 0 Å². The van der Waals surface area contributed by atoms with Crippen LogP contribution in [0, 0.1) is 0 Å². The van der Waals surface area contributed by atoms with Crippen molar-refractivity contribution in [1.29, 1.82) is 0 Å². The highest BCUT2D eigenvalue weighted by Crippen LogP contribution is 2.13. The topological polar surface area (TPSA) is 65.7 Å². The zero-order chi connectivity index (χ0) is 16.1. The molecule has 0 spiro atoms. The van der Waals surface area contributed by atoms with Gasteiger partial charge in [0, 0.05) is 64.5 Å². The van der Waals surface area contributed by atoms with E-state index in [1.54, 1.807) is 0 Å². The average Bonchev–Trinajstić information content (AvgIpc) is 2.61. The van der Waals surface area contributed by atoms with Gasteiger partial charge in [-0.3, -0.25) is 9.69 Å². The van der Waals surface area contributed by atoms with Gasteiger partial charge in [0.1, 0.15) is 5.82 Å². The van der Waals surface area contributed by atoms with Crippen LogP contribution in [-0.4, -0.2) is 72.5 Å². The molecule has 2 saturated heterocycles. The third-order valence-electron chi connectivity index (χ3n) is 4.80. The van der Waals surface area contributed by atoms with E-state index in [4.69, 9.17) is 5.73 Å². The van der Waals surface area contributed by atoms with Crippen LogP contribution < -0.4 is 10.6 Å². The Hall–Kier alpha value is -1.66. The lowest BCUT2D eigenvalue weighted by Gasteiger charge is -2.36. The van der Waals surface area contributed by atoms with Gasteiger partial charge in [-0.1, -0.05) is 6.07 Å². The number of anilines is 1. The summed E-state index contributed by atoms with van der Waals surface area (Å²) in [5.41, 5.74) is 5.96. The van der Waals surface area contributed by atoms with Gasteiger partial charge in [0.15, 0.2) is 0 Å². The summed E-state index contributed by atoms with van der Waals surface area (Å²) in [5, 5.41) is 0. The summed E-state index contributed by atoms with van der Waals surface area (Å²) >= 11 is 0. The number of rotatable bonds is 4. The number of hydrogen-bond donors (Lipinski definition) is 1. The van der Waals surface area contributed by atoms with E-state index in [9.17, 15) is 4.79 Å². The molecule has 0 bridgehead atoms. The third kappa shape index (κ3) is 4.42. The number of amides is 1. The fraction of sp³-hybridized carbons (Fsp3) is 0.647. The lowest BCUT2D eigenvalue weighted by molar-refractivity contribution is -0.132. The van der Waals surface area contributed by atoms with Gasteiger partial charge in [-0.2, -0.15) is 0 Å². The largest absolute Gasteiger partial charge is 0.354 e. The Labute approximate surface area is 138 Å². The number of pyridine rings is 1. The minimum atomic E-state index is 0.162. The smallest absolute Gasteiger partial charge is 0.223 e. The molecule has 1 atom stereocenters. The first-order valence-electron chi connectivity index (χ1n) is 8.64. The van der Waals surface area contributed by atoms with Gasteiger partial charge in [-0.05, 0) is 25.0 Å². The average molecular weight is 317 g/mol. The predicted molar refractivity (Wildman–Crippen MR) is 91.3 cm³/mol. The maximum Gasteiger partial charge on any atom is 0.223 e. The Morgan fingerprint density at radius 1 is 1.22 bits per heavy atom. The Morgan fingerprint density at radius 2 is 2.04 bits per heavy atom. The van der Waals surface area contributed by atoms with E-state index in [2.05, 4.69) is 20.9 Å². The normalized spacial score (nSPS) is 23.1. The van der Waals surface area contributed by atoms with E-state index in [0.717, 1.165) is 64.5 Å². The molecule has 1 amide bonds. The van der Waals surface area contributed by atoms with E-state index < -0.39 is 0 Å². The summed E-state index contributed by atoms with van der Waals surface area (Å²) < 4.78 is 0. The summed E-state index contributed by atoms with van der Waals surface area (Å²) in [6, 6.07) is 6.18. The lowest BCUT2D eigenvalue weighted by atomic mass is 10.1. The second-order valence-corrected chi connectivity index (χ2v) is 6.51. The SMILES string of the molecule is NC1CCCN(C(=O)CCN2CCN(c3ccccn3)CC2)C1. The second-order valence-electron chi connectivity index (χ2n) is 6.51. The van der Waals surface area contributed by atoms with Crippen LogP contribution >= 0.6 is 0 Å². The van der Waals surface area contributed by atoms with Crippen molar-refractivity contribution < 1.29 is 4.79 Å². The van der Waals surface area contributed by atoms with Crippen LogP contribution in [0.4, 0.5) is 5.82 Å². The molecule has 23 heavy (non-hydrogen) atoms. The number of nitrogens with zero attached hydrogens (tertiary/aromatic N) is 4. The highest BCUT2D eigenvalue weighted by molar-refractivity contribution is 5.76. The highest BCUT2D eigenvalue weighted by atomic mass is 16.2. The first-order valence-corrected chi connectivity index (χ1v) is 8.64. The molecule has 2 aliphatic rings. The van der Waals surface area contributed by atoms with Crippen molar-refractivity contribution in [2.75, 3.05) is 50.7 Å². The Morgan fingerprint density at radius 3 is 2.74 bits per heavy atom. The highest BCUT2D eigenvalue weighted by Gasteiger charge is 2.23. The summed E-state index contributed by atoms with van der Waals surface area (Å²) in [7, 11) is 0. The molecule has 2 fully saturated rings. The fourth-order valence-corrected chi connectivity index (χ4v) is 3.39. The molecule has 1 aromatic heterocycles. The molecule has 0 radical (unpaired) electrons. The van der Waals surface area contributed by atoms with Crippen LogP contribution in [0.3, 0.4) is 0 Å². The van der Waals surface area contributed by atoms with Gasteiger partial charge in [0.25, 0.3) is 0 Å². The maximum atomic E-state index is 12.3. The van der Waals surface area contributed by atoms with Crippen LogP contribution in [0.15, 0.2) is 24.4 Å². The number of likely N-dealkylation sites (tertiary alicyclic amines) is 1. The van der Waals surface area contributed by atoms with Gasteiger partial charge in [0.2, 0.25) is 5.91 Å². The molecule has 0 aromatic carbocycles. The number of carbonyl (C=O) groups is 1. The van der Waals surface area contributed by atoms with Crippen molar-refractivity contribution in [2.45, 2.75) is 25.3 Å². The number of carbonyl (C=O) groups excluding carboxylic acids is 1. The van der Waals surface area contributed by atoms with Crippen molar-refractivity contribution in [3.63, 3.8) is 0 Å². The van der Waals surface area contributed by atoms with E-state index >= 15 is 0 Å². The van der Waals surface area contributed by atoms with Crippen molar-refractivity contribution >= 4 is 11.7 Å². The number of nitrogens with two attached hydrogens (primary N) is 1. The van der Waals surface area contributed by atoms with Crippen LogP contribution in [0.5, 0.6) is 0 Å². The quantitative estimate of drug-likeness (QED) is 0.878. The number of piperazine rings is 1. The Kier molecular flexibility index (Phi) is 5.46. The van der Waals surface area contributed by atoms with Crippen LogP contribution in [-0.2, 0) is 4.79 Å². The molecule has 3 heterocycles. The standard InChI is InChI=1S/C17H27N5O/c18-15-4-3-8-22(14-15)17(23)6-9-20-10-12-21(13-11-20)16-5-1-2-7-19-16/h1-2,5,7,15H,3-4,6,8-14,18H2. The molecular weight excluding hydrogens is 290 g/mol. The van der Waals surface area contributed by atoms with Gasteiger partial charge < -0.3 is 15.5 Å². The molecule has 6 nitrogen and oxygen atoms in total. The van der Waals surface area contributed by atoms with Crippen molar-refractivity contribution in [1.82, 2.24) is 14.8 Å². The summed E-state index contributed by atoms with van der Waals surface area (Å²) in [5.74, 6) is 1.30. The van der Waals surface area contributed by atoms with Gasteiger partial charge >= 0.3 is 0 Å². The Bertz CT molecular complexity index is 501. The second kappa shape index (κ2) is 7.75. The Balaban J connectivity index is 1.40. The summed E-state index contributed by atoms with van der Waals surface area (Å²) in [4.78, 5) is 23.3. The molecule has 126 valence electrons. The molecule has 0 saturated carbocycles. The maximum absolute atomic E-state index is 12.3. The molecule has 2 N–H and O–H groups in total. The summed E-state index contributed by atoms with van der Waals surface area (Å²) in [6.07, 6.45) is 4.52. The van der Waals surface area contributed by atoms with E-state index in [0.29, 0.717) is 6.42 Å². The molecule has 2 aliphatic heterocycles.